The zero-order valence-electron chi connectivity index (χ0n) is 11.1. The second-order valence-corrected chi connectivity index (χ2v) is 4.09. The number of hydrogen-bond donors (Lipinski definition) is 2. The molecular formula is C14H15N3O2. The lowest BCUT2D eigenvalue weighted by atomic mass is 10.1. The molecule has 98 valence electrons. The molecule has 0 aliphatic heterocycles. The van der Waals surface area contributed by atoms with E-state index in [-0.39, 0.29) is 0 Å². The van der Waals surface area contributed by atoms with Gasteiger partial charge in [0.25, 0.3) is 0 Å². The fourth-order valence-corrected chi connectivity index (χ4v) is 2.04. The SMILES string of the molecule is COc1ccc(OC)c(-c2[nH]c(N)c(C#N)c2C)c1. The Morgan fingerprint density at radius 2 is 2.00 bits per heavy atom. The molecule has 1 heterocycles. The zero-order valence-corrected chi connectivity index (χ0v) is 11.1. The number of nitrogen functional groups attached to an aromatic ring is 1. The van der Waals surface area contributed by atoms with E-state index in [1.807, 2.05) is 25.1 Å². The van der Waals surface area contributed by atoms with E-state index in [1.165, 1.54) is 0 Å². The lowest BCUT2D eigenvalue weighted by Crippen LogP contribution is -1.92. The summed E-state index contributed by atoms with van der Waals surface area (Å²) in [6, 6.07) is 7.57. The Morgan fingerprint density at radius 1 is 1.26 bits per heavy atom. The van der Waals surface area contributed by atoms with E-state index in [1.54, 1.807) is 14.2 Å². The van der Waals surface area contributed by atoms with Crippen LogP contribution < -0.4 is 15.2 Å². The number of nitriles is 1. The maximum absolute atomic E-state index is 9.08. The van der Waals surface area contributed by atoms with Gasteiger partial charge in [-0.2, -0.15) is 5.26 Å². The van der Waals surface area contributed by atoms with E-state index in [0.717, 1.165) is 16.8 Å². The van der Waals surface area contributed by atoms with Crippen molar-refractivity contribution in [3.05, 3.63) is 29.3 Å². The molecule has 0 bridgehead atoms. The molecule has 0 spiro atoms. The number of rotatable bonds is 3. The van der Waals surface area contributed by atoms with Crippen molar-refractivity contribution in [2.75, 3.05) is 20.0 Å². The number of benzene rings is 1. The summed E-state index contributed by atoms with van der Waals surface area (Å²) in [6.45, 7) is 1.85. The molecule has 0 atom stereocenters. The maximum Gasteiger partial charge on any atom is 0.128 e. The van der Waals surface area contributed by atoms with E-state index < -0.39 is 0 Å². The van der Waals surface area contributed by atoms with Crippen LogP contribution in [0.4, 0.5) is 5.82 Å². The highest BCUT2D eigenvalue weighted by Gasteiger charge is 2.17. The molecule has 19 heavy (non-hydrogen) atoms. The number of ether oxygens (including phenoxy) is 2. The number of hydrogen-bond acceptors (Lipinski definition) is 4. The van der Waals surface area contributed by atoms with E-state index in [2.05, 4.69) is 11.1 Å². The van der Waals surface area contributed by atoms with Crippen LogP contribution in [0.5, 0.6) is 11.5 Å². The van der Waals surface area contributed by atoms with Crippen molar-refractivity contribution >= 4 is 5.82 Å². The van der Waals surface area contributed by atoms with Crippen molar-refractivity contribution in [2.24, 2.45) is 0 Å². The normalized spacial score (nSPS) is 10.0. The molecule has 0 aliphatic rings. The molecule has 1 aromatic carbocycles. The summed E-state index contributed by atoms with van der Waals surface area (Å²) < 4.78 is 10.6. The molecule has 0 saturated heterocycles. The molecule has 3 N–H and O–H groups in total. The van der Waals surface area contributed by atoms with Gasteiger partial charge in [-0.05, 0) is 30.7 Å². The van der Waals surface area contributed by atoms with Gasteiger partial charge in [-0.15, -0.1) is 0 Å². The Hall–Kier alpha value is -2.61. The number of nitrogens with two attached hydrogens (primary N) is 1. The highest BCUT2D eigenvalue weighted by molar-refractivity contribution is 5.77. The molecule has 0 radical (unpaired) electrons. The number of H-pyrrole nitrogens is 1. The molecule has 0 aliphatic carbocycles. The van der Waals surface area contributed by atoms with Gasteiger partial charge in [-0.1, -0.05) is 0 Å². The van der Waals surface area contributed by atoms with Crippen molar-refractivity contribution in [2.45, 2.75) is 6.92 Å². The fraction of sp³-hybridized carbons (Fsp3) is 0.214. The van der Waals surface area contributed by atoms with Crippen LogP contribution in [0, 0.1) is 18.3 Å². The maximum atomic E-state index is 9.08. The van der Waals surface area contributed by atoms with Gasteiger partial charge in [-0.3, -0.25) is 0 Å². The first-order chi connectivity index (χ1) is 9.12. The van der Waals surface area contributed by atoms with Gasteiger partial charge >= 0.3 is 0 Å². The number of anilines is 1. The molecule has 0 unspecified atom stereocenters. The molecular weight excluding hydrogens is 242 g/mol. The highest BCUT2D eigenvalue weighted by atomic mass is 16.5. The number of aromatic amines is 1. The average Bonchev–Trinajstić information content (AvgIpc) is 2.72. The lowest BCUT2D eigenvalue weighted by Gasteiger charge is -2.10. The van der Waals surface area contributed by atoms with Crippen molar-refractivity contribution in [3.8, 4) is 28.8 Å². The number of nitrogens with one attached hydrogen (secondary N) is 1. The van der Waals surface area contributed by atoms with Crippen LogP contribution in [-0.4, -0.2) is 19.2 Å². The molecule has 2 aromatic rings. The topological polar surface area (TPSA) is 84.1 Å². The van der Waals surface area contributed by atoms with Crippen LogP contribution >= 0.6 is 0 Å². The summed E-state index contributed by atoms with van der Waals surface area (Å²) in [4.78, 5) is 3.03. The van der Waals surface area contributed by atoms with Crippen molar-refractivity contribution in [3.63, 3.8) is 0 Å². The van der Waals surface area contributed by atoms with Crippen LogP contribution in [0.1, 0.15) is 11.1 Å². The first-order valence-corrected chi connectivity index (χ1v) is 5.73. The van der Waals surface area contributed by atoms with Crippen LogP contribution in [0.3, 0.4) is 0 Å². The van der Waals surface area contributed by atoms with E-state index in [9.17, 15) is 0 Å². The van der Waals surface area contributed by atoms with Crippen LogP contribution in [0.2, 0.25) is 0 Å². The molecule has 1 aromatic heterocycles. The third kappa shape index (κ3) is 2.08. The Kier molecular flexibility index (Phi) is 3.34. The first-order valence-electron chi connectivity index (χ1n) is 5.73. The highest BCUT2D eigenvalue weighted by Crippen LogP contribution is 2.36. The van der Waals surface area contributed by atoms with Crippen molar-refractivity contribution < 1.29 is 9.47 Å². The fourth-order valence-electron chi connectivity index (χ4n) is 2.04. The molecule has 0 amide bonds. The molecule has 0 saturated carbocycles. The van der Waals surface area contributed by atoms with Crippen molar-refractivity contribution in [1.82, 2.24) is 4.98 Å². The standard InChI is InChI=1S/C14H15N3O2/c1-8-11(7-15)14(16)17-13(8)10-6-9(18-2)4-5-12(10)19-3/h4-6,17H,16H2,1-3H3. The smallest absolute Gasteiger partial charge is 0.128 e. The van der Waals surface area contributed by atoms with E-state index >= 15 is 0 Å². The average molecular weight is 257 g/mol. The Morgan fingerprint density at radius 3 is 2.53 bits per heavy atom. The van der Waals surface area contributed by atoms with E-state index in [0.29, 0.717) is 22.9 Å². The summed E-state index contributed by atoms with van der Waals surface area (Å²) in [5.41, 5.74) is 8.64. The summed E-state index contributed by atoms with van der Waals surface area (Å²) in [5, 5.41) is 9.08. The Bertz CT molecular complexity index is 653. The second kappa shape index (κ2) is 4.94. The number of nitrogens with zero attached hydrogens (tertiary/aromatic N) is 1. The number of aromatic nitrogens is 1. The van der Waals surface area contributed by atoms with Crippen LogP contribution in [0.25, 0.3) is 11.3 Å². The van der Waals surface area contributed by atoms with Crippen LogP contribution in [-0.2, 0) is 0 Å². The zero-order chi connectivity index (χ0) is 14.0. The summed E-state index contributed by atoms with van der Waals surface area (Å²) in [7, 11) is 3.19. The monoisotopic (exact) mass is 257 g/mol. The van der Waals surface area contributed by atoms with Gasteiger partial charge in [0.2, 0.25) is 0 Å². The van der Waals surface area contributed by atoms with Gasteiger partial charge in [0, 0.05) is 5.56 Å². The lowest BCUT2D eigenvalue weighted by molar-refractivity contribution is 0.404. The van der Waals surface area contributed by atoms with Gasteiger partial charge < -0.3 is 20.2 Å². The van der Waals surface area contributed by atoms with E-state index in [4.69, 9.17) is 20.5 Å². The summed E-state index contributed by atoms with van der Waals surface area (Å²) >= 11 is 0. The Balaban J connectivity index is 2.67. The second-order valence-electron chi connectivity index (χ2n) is 4.09. The van der Waals surface area contributed by atoms with Gasteiger partial charge in [-0.25, -0.2) is 0 Å². The summed E-state index contributed by atoms with van der Waals surface area (Å²) in [6.07, 6.45) is 0. The van der Waals surface area contributed by atoms with Crippen LogP contribution in [0.15, 0.2) is 18.2 Å². The quantitative estimate of drug-likeness (QED) is 0.884. The molecule has 0 fully saturated rings. The minimum absolute atomic E-state index is 0.361. The molecule has 5 heteroatoms. The third-order valence-electron chi connectivity index (χ3n) is 3.07. The Labute approximate surface area is 111 Å². The van der Waals surface area contributed by atoms with Crippen molar-refractivity contribution in [1.29, 1.82) is 5.26 Å². The van der Waals surface area contributed by atoms with Gasteiger partial charge in [0.05, 0.1) is 25.5 Å². The minimum atomic E-state index is 0.361. The molecule has 5 nitrogen and oxygen atoms in total. The minimum Gasteiger partial charge on any atom is -0.497 e. The predicted molar refractivity (Wildman–Crippen MR) is 73.2 cm³/mol. The first kappa shape index (κ1) is 12.8. The molecule has 2 rings (SSSR count). The largest absolute Gasteiger partial charge is 0.497 e. The predicted octanol–water partition coefficient (Wildman–Crippen LogP) is 2.46. The van der Waals surface area contributed by atoms with Gasteiger partial charge in [0.15, 0.2) is 0 Å². The van der Waals surface area contributed by atoms with Gasteiger partial charge in [0.1, 0.15) is 23.4 Å². The number of methoxy groups -OCH3 is 2. The summed E-state index contributed by atoms with van der Waals surface area (Å²) in [5.74, 6) is 1.76. The third-order valence-corrected chi connectivity index (χ3v) is 3.07.